The fourth-order valence-corrected chi connectivity index (χ4v) is 11.0. The zero-order valence-corrected chi connectivity index (χ0v) is 24.9. The standard InChI is InChI=1S/C36H43N5O2/c42-35(28-13-21-5-19-7-24(9-21)26(11-19)15-28)38-30-3-1-23(2-4-30)34-39-31-17-33(37-18-32(31)40-34)41-36(43)29-14-22-6-20-8-25(10-22)27(12-20)16-29/h1-4,17-22,24-29H,5-16H2,(H,38,42)(H,39,40)(H,37,41,43). The molecule has 224 valence electrons. The van der Waals surface area contributed by atoms with Gasteiger partial charge in [-0.05, 0) is 149 Å². The van der Waals surface area contributed by atoms with Gasteiger partial charge in [-0.25, -0.2) is 9.97 Å². The van der Waals surface area contributed by atoms with Gasteiger partial charge in [0.1, 0.15) is 11.6 Å². The van der Waals surface area contributed by atoms with Crippen molar-refractivity contribution in [3.05, 3.63) is 36.5 Å². The van der Waals surface area contributed by atoms with Gasteiger partial charge < -0.3 is 15.6 Å². The summed E-state index contributed by atoms with van der Waals surface area (Å²) in [6.45, 7) is 0. The molecule has 6 saturated carbocycles. The fraction of sp³-hybridized carbons (Fsp3) is 0.611. The molecule has 0 saturated heterocycles. The number of pyridine rings is 1. The van der Waals surface area contributed by atoms with Crippen LogP contribution in [0, 0.1) is 59.2 Å². The van der Waals surface area contributed by atoms with E-state index in [0.717, 1.165) is 101 Å². The van der Waals surface area contributed by atoms with Crippen molar-refractivity contribution in [1.82, 2.24) is 15.0 Å². The van der Waals surface area contributed by atoms with E-state index in [1.165, 1.54) is 51.4 Å². The van der Waals surface area contributed by atoms with Crippen LogP contribution in [-0.2, 0) is 9.59 Å². The number of imidazole rings is 1. The predicted molar refractivity (Wildman–Crippen MR) is 167 cm³/mol. The molecule has 6 fully saturated rings. The Hall–Kier alpha value is -3.22. The Bertz CT molecular complexity index is 1560. The molecule has 2 heterocycles. The number of rotatable bonds is 5. The van der Waals surface area contributed by atoms with Gasteiger partial charge in [0, 0.05) is 29.2 Å². The molecule has 0 spiro atoms. The van der Waals surface area contributed by atoms with Crippen LogP contribution in [0.5, 0.6) is 0 Å². The van der Waals surface area contributed by atoms with Gasteiger partial charge in [-0.3, -0.25) is 9.59 Å². The number of H-pyrrole nitrogens is 1. The largest absolute Gasteiger partial charge is 0.337 e. The highest BCUT2D eigenvalue weighted by molar-refractivity contribution is 5.94. The molecule has 9 rings (SSSR count). The monoisotopic (exact) mass is 577 g/mol. The van der Waals surface area contributed by atoms with Gasteiger partial charge in [-0.1, -0.05) is 0 Å². The summed E-state index contributed by atoms with van der Waals surface area (Å²) in [4.78, 5) is 39.3. The smallest absolute Gasteiger partial charge is 0.228 e. The summed E-state index contributed by atoms with van der Waals surface area (Å²) in [7, 11) is 0. The Kier molecular flexibility index (Phi) is 6.20. The van der Waals surface area contributed by atoms with Crippen molar-refractivity contribution >= 4 is 34.4 Å². The fourth-order valence-electron chi connectivity index (χ4n) is 11.0. The molecule has 7 nitrogen and oxygen atoms in total. The topological polar surface area (TPSA) is 99.8 Å². The van der Waals surface area contributed by atoms with E-state index in [-0.39, 0.29) is 23.7 Å². The minimum Gasteiger partial charge on any atom is -0.337 e. The lowest BCUT2D eigenvalue weighted by atomic mass is 9.78. The van der Waals surface area contributed by atoms with Crippen LogP contribution in [0.15, 0.2) is 36.5 Å². The Labute approximate surface area is 253 Å². The zero-order chi connectivity index (χ0) is 28.7. The molecular weight excluding hydrogens is 534 g/mol. The summed E-state index contributed by atoms with van der Waals surface area (Å²) in [5.41, 5.74) is 3.42. The lowest BCUT2D eigenvalue weighted by Gasteiger charge is -2.28. The van der Waals surface area contributed by atoms with E-state index < -0.39 is 0 Å². The van der Waals surface area contributed by atoms with Crippen molar-refractivity contribution in [2.45, 2.75) is 77.0 Å². The molecule has 0 radical (unpaired) electrons. The van der Waals surface area contributed by atoms with Crippen LogP contribution in [0.3, 0.4) is 0 Å². The van der Waals surface area contributed by atoms with Crippen molar-refractivity contribution in [2.75, 3.05) is 10.6 Å². The zero-order valence-electron chi connectivity index (χ0n) is 24.9. The molecule has 10 atom stereocenters. The minimum absolute atomic E-state index is 0.0954. The number of amides is 2. The van der Waals surface area contributed by atoms with E-state index >= 15 is 0 Å². The molecule has 7 heteroatoms. The number of carbonyl (C=O) groups is 2. The van der Waals surface area contributed by atoms with Crippen LogP contribution in [0.2, 0.25) is 0 Å². The molecule has 2 amide bonds. The number of fused-ring (bicyclic) bond motifs is 5. The second kappa shape index (κ2) is 10.2. The van der Waals surface area contributed by atoms with Crippen LogP contribution >= 0.6 is 0 Å². The first-order valence-electron chi connectivity index (χ1n) is 17.1. The number of aromatic amines is 1. The normalized spacial score (nSPS) is 37.3. The summed E-state index contributed by atoms with van der Waals surface area (Å²) in [5.74, 6) is 8.42. The lowest BCUT2D eigenvalue weighted by molar-refractivity contribution is -0.121. The van der Waals surface area contributed by atoms with Gasteiger partial charge in [0.2, 0.25) is 11.8 Å². The third kappa shape index (κ3) is 4.87. The molecule has 43 heavy (non-hydrogen) atoms. The Balaban J connectivity index is 0.853. The quantitative estimate of drug-likeness (QED) is 0.294. The average molecular weight is 578 g/mol. The number of hydrogen-bond donors (Lipinski definition) is 3. The minimum atomic E-state index is 0.0954. The van der Waals surface area contributed by atoms with Crippen molar-refractivity contribution in [1.29, 1.82) is 0 Å². The predicted octanol–water partition coefficient (Wildman–Crippen LogP) is 7.43. The molecule has 6 aliphatic carbocycles. The maximum absolute atomic E-state index is 13.3. The van der Waals surface area contributed by atoms with E-state index in [9.17, 15) is 9.59 Å². The highest BCUT2D eigenvalue weighted by Gasteiger charge is 2.47. The van der Waals surface area contributed by atoms with Crippen LogP contribution in [0.1, 0.15) is 77.0 Å². The van der Waals surface area contributed by atoms with Gasteiger partial charge in [0.05, 0.1) is 17.2 Å². The Morgan fingerprint density at radius 2 is 1.19 bits per heavy atom. The van der Waals surface area contributed by atoms with Crippen molar-refractivity contribution in [3.63, 3.8) is 0 Å². The number of anilines is 2. The van der Waals surface area contributed by atoms with Crippen LogP contribution in [0.25, 0.3) is 22.4 Å². The lowest BCUT2D eigenvalue weighted by Crippen LogP contribution is -2.27. The van der Waals surface area contributed by atoms with Gasteiger partial charge in [-0.15, -0.1) is 0 Å². The molecule has 10 unspecified atom stereocenters. The molecule has 0 aliphatic heterocycles. The highest BCUT2D eigenvalue weighted by atomic mass is 16.2. The number of nitrogens with one attached hydrogen (secondary N) is 3. The van der Waals surface area contributed by atoms with E-state index in [1.54, 1.807) is 6.20 Å². The van der Waals surface area contributed by atoms with Gasteiger partial charge in [0.25, 0.3) is 0 Å². The number of benzene rings is 1. The summed E-state index contributed by atoms with van der Waals surface area (Å²) in [5, 5.41) is 6.34. The first-order valence-corrected chi connectivity index (χ1v) is 17.1. The highest BCUT2D eigenvalue weighted by Crippen LogP contribution is 2.55. The van der Waals surface area contributed by atoms with Gasteiger partial charge in [-0.2, -0.15) is 0 Å². The summed E-state index contributed by atoms with van der Waals surface area (Å²) in [6, 6.07) is 9.85. The molecule has 3 aromatic rings. The molecule has 6 bridgehead atoms. The summed E-state index contributed by atoms with van der Waals surface area (Å²) >= 11 is 0. The molecule has 1 aromatic carbocycles. The van der Waals surface area contributed by atoms with E-state index in [1.807, 2.05) is 30.3 Å². The maximum atomic E-state index is 13.3. The summed E-state index contributed by atoms with van der Waals surface area (Å²) in [6.07, 6.45) is 16.8. The molecule has 2 aromatic heterocycles. The number of aromatic nitrogens is 3. The SMILES string of the molecule is O=C(Nc1ccc(-c2nc3cc(NC(=O)C4CC5CC6CC(C5)C(C6)C4)ncc3[nH]2)cc1)C1CC2CC3CC(C2)C(C3)C1. The number of hydrogen-bond acceptors (Lipinski definition) is 4. The number of carbonyl (C=O) groups excluding carboxylic acids is 2. The van der Waals surface area contributed by atoms with Crippen LogP contribution in [-0.4, -0.2) is 26.8 Å². The maximum Gasteiger partial charge on any atom is 0.228 e. The summed E-state index contributed by atoms with van der Waals surface area (Å²) < 4.78 is 0. The Morgan fingerprint density at radius 3 is 1.79 bits per heavy atom. The average Bonchev–Trinajstić information content (AvgIpc) is 3.57. The van der Waals surface area contributed by atoms with Crippen LogP contribution in [0.4, 0.5) is 11.5 Å². The molecule has 3 N–H and O–H groups in total. The molecule has 6 aliphatic rings. The van der Waals surface area contributed by atoms with Gasteiger partial charge >= 0.3 is 0 Å². The van der Waals surface area contributed by atoms with E-state index in [4.69, 9.17) is 4.98 Å². The second-order valence-corrected chi connectivity index (χ2v) is 15.5. The van der Waals surface area contributed by atoms with Gasteiger partial charge in [0.15, 0.2) is 0 Å². The van der Waals surface area contributed by atoms with Crippen LogP contribution < -0.4 is 10.6 Å². The molecular formula is C36H43N5O2. The third-order valence-electron chi connectivity index (χ3n) is 12.7. The first-order chi connectivity index (χ1) is 21.0. The van der Waals surface area contributed by atoms with Crippen molar-refractivity contribution < 1.29 is 9.59 Å². The number of nitrogens with zero attached hydrogens (tertiary/aromatic N) is 2. The third-order valence-corrected chi connectivity index (χ3v) is 12.7. The van der Waals surface area contributed by atoms with E-state index in [2.05, 4.69) is 20.6 Å². The van der Waals surface area contributed by atoms with Crippen molar-refractivity contribution in [2.24, 2.45) is 59.2 Å². The Morgan fingerprint density at radius 1 is 0.651 bits per heavy atom. The van der Waals surface area contributed by atoms with Crippen molar-refractivity contribution in [3.8, 4) is 11.4 Å². The second-order valence-electron chi connectivity index (χ2n) is 15.5. The van der Waals surface area contributed by atoms with E-state index in [0.29, 0.717) is 5.82 Å². The first kappa shape index (κ1) is 26.2.